The second kappa shape index (κ2) is 45.2. The largest absolute Gasteiger partial charge is 0.508 e. The number of nitrogens with zero attached hydrogens (tertiary/aromatic N) is 3. The normalized spacial score (nSPS) is 14.0. The summed E-state index contributed by atoms with van der Waals surface area (Å²) in [6.07, 6.45) is 3.94. The van der Waals surface area contributed by atoms with Gasteiger partial charge in [-0.2, -0.15) is 0 Å². The van der Waals surface area contributed by atoms with Crippen LogP contribution in [0.25, 0.3) is 0 Å². The number of aliphatic hydroxyl groups is 1. The molecule has 0 fully saturated rings. The third-order valence-electron chi connectivity index (χ3n) is 13.6. The minimum Gasteiger partial charge on any atom is -0.508 e. The molecule has 498 valence electrons. The third kappa shape index (κ3) is 33.7. The molecule has 1 rings (SSSR count). The fraction of sp³-hybridized carbons (Fsp3) is 0.667. The van der Waals surface area contributed by atoms with Crippen LogP contribution < -0.4 is 111 Å². The first-order valence-corrected chi connectivity index (χ1v) is 29.7. The smallest absolute Gasteiger partial charge is 0.245 e. The van der Waals surface area contributed by atoms with Crippen molar-refractivity contribution in [2.75, 3.05) is 52.4 Å². The Morgan fingerprint density at radius 3 is 0.966 bits per heavy atom. The molecule has 0 spiro atoms. The average molecular weight is 1250 g/mol. The van der Waals surface area contributed by atoms with Crippen molar-refractivity contribution in [1.29, 1.82) is 0 Å². The van der Waals surface area contributed by atoms with Crippen molar-refractivity contribution in [2.45, 2.75) is 176 Å². The molecule has 34 N–H and O–H groups in total. The summed E-state index contributed by atoms with van der Waals surface area (Å²) in [6.45, 7) is 0.297. The van der Waals surface area contributed by atoms with Gasteiger partial charge >= 0.3 is 0 Å². The highest BCUT2D eigenvalue weighted by atomic mass is 16.3. The van der Waals surface area contributed by atoms with Gasteiger partial charge in [0, 0.05) is 26.1 Å². The average Bonchev–Trinajstić information content (AvgIpc) is 3.68. The van der Waals surface area contributed by atoms with Gasteiger partial charge in [0.05, 0.1) is 12.6 Å². The first kappa shape index (κ1) is 77.8. The fourth-order valence-electron chi connectivity index (χ4n) is 8.71. The van der Waals surface area contributed by atoms with Gasteiger partial charge in [0.25, 0.3) is 0 Å². The van der Waals surface area contributed by atoms with Gasteiger partial charge in [-0.25, -0.2) is 0 Å². The molecule has 0 aliphatic carbocycles. The Balaban J connectivity index is 3.67. The number of aliphatic hydroxyl groups excluding tert-OH is 1. The summed E-state index contributed by atoms with van der Waals surface area (Å²) in [5.41, 5.74) is 67.9. The number of benzene rings is 1. The maximum Gasteiger partial charge on any atom is 0.245 e. The first-order chi connectivity index (χ1) is 41.9. The molecule has 9 amide bonds. The predicted octanol–water partition coefficient (Wildman–Crippen LogP) is -7.71. The van der Waals surface area contributed by atoms with Gasteiger partial charge in [0.2, 0.25) is 53.2 Å². The van der Waals surface area contributed by atoms with E-state index in [0.717, 1.165) is 0 Å². The van der Waals surface area contributed by atoms with Crippen molar-refractivity contribution >= 4 is 71.0 Å². The van der Waals surface area contributed by atoms with Crippen LogP contribution in [0.4, 0.5) is 0 Å². The molecule has 34 heteroatoms. The first-order valence-electron chi connectivity index (χ1n) is 29.7. The molecule has 0 radical (unpaired) electrons. The van der Waals surface area contributed by atoms with Crippen molar-refractivity contribution in [3.05, 3.63) is 29.8 Å². The minimum absolute atomic E-state index is 0.00790. The SMILES string of the molecule is NCCCC[C@H](NC(=O)[C@H](CCCN=C(N)N)NC(=O)[C@H](CCCN=C(N)N)NC(=O)[C@H](CO)NC(=O)[C@H](CCCCN)NC(=O)[C@H](Cc1ccc(O)cc1)NC(=O)[C@H](CCCCN)NC(=O)[C@H](CCCCN)NC(=O)[C@@H](N)CCCN=C(N)N)C(N)=O. The number of phenols is 1. The molecule has 0 bridgehead atoms. The Morgan fingerprint density at radius 2 is 0.636 bits per heavy atom. The zero-order valence-corrected chi connectivity index (χ0v) is 50.4. The number of guanidine groups is 3. The summed E-state index contributed by atoms with van der Waals surface area (Å²) in [7, 11) is 0. The lowest BCUT2D eigenvalue weighted by atomic mass is 10.0. The number of amides is 9. The Kier molecular flexibility index (Phi) is 39.9. The molecule has 34 nitrogen and oxygen atoms in total. The Bertz CT molecular complexity index is 2390. The number of hydrogen-bond donors (Lipinski definition) is 22. The van der Waals surface area contributed by atoms with Crippen LogP contribution in [-0.2, 0) is 49.6 Å². The summed E-state index contributed by atoms with van der Waals surface area (Å²) in [5.74, 6) is -8.36. The molecule has 88 heavy (non-hydrogen) atoms. The summed E-state index contributed by atoms with van der Waals surface area (Å²) in [6, 6.07) is -6.39. The number of nitrogens with two attached hydrogens (primary N) is 12. The van der Waals surface area contributed by atoms with Gasteiger partial charge < -0.3 is 122 Å². The van der Waals surface area contributed by atoms with Crippen LogP contribution in [-0.4, -0.2) is 188 Å². The van der Waals surface area contributed by atoms with Gasteiger partial charge in [-0.1, -0.05) is 12.1 Å². The van der Waals surface area contributed by atoms with Crippen molar-refractivity contribution < 1.29 is 53.4 Å². The van der Waals surface area contributed by atoms with Gasteiger partial charge in [-0.15, -0.1) is 0 Å². The highest BCUT2D eigenvalue weighted by Gasteiger charge is 2.35. The number of aliphatic imine (C=N–C) groups is 3. The number of carbonyl (C=O) groups is 9. The second-order valence-electron chi connectivity index (χ2n) is 21.0. The van der Waals surface area contributed by atoms with Crippen LogP contribution in [0.15, 0.2) is 39.2 Å². The lowest BCUT2D eigenvalue weighted by Crippen LogP contribution is -2.61. The maximum atomic E-state index is 14.6. The van der Waals surface area contributed by atoms with E-state index in [9.17, 15) is 53.4 Å². The van der Waals surface area contributed by atoms with Crippen LogP contribution in [0.2, 0.25) is 0 Å². The molecule has 0 saturated heterocycles. The summed E-state index contributed by atoms with van der Waals surface area (Å²) in [4.78, 5) is 137. The summed E-state index contributed by atoms with van der Waals surface area (Å²) < 4.78 is 0. The van der Waals surface area contributed by atoms with E-state index < -0.39 is 114 Å². The van der Waals surface area contributed by atoms with Crippen LogP contribution in [0.5, 0.6) is 5.75 Å². The van der Waals surface area contributed by atoms with E-state index in [1.165, 1.54) is 24.3 Å². The standard InChI is InChI=1S/C54H101N23O11/c55-23-5-1-13-35(43(60)80)70-45(82)39(17-10-28-68-53(63)64)73-47(84)40(18-11-29-69-54(65)66)75-51(88)42(31-78)77-49(86)38(16-4-8-26-58)74-50(87)41(30-32-19-21-33(79)22-20-32)76-48(85)37(15-3-7-25-57)72-46(83)36(14-2-6-24-56)71-44(81)34(59)12-9-27-67-52(61)62/h19-22,34-42,78-79H,1-18,23-31,55-59H2,(H2,60,80)(H,70,82)(H,71,81)(H,72,83)(H,73,84)(H,74,87)(H,75,88)(H,76,85)(H,77,86)(H4,61,62,67)(H4,63,64,68)(H4,65,66,69)/t34-,35-,36-,37-,38-,39-,40-,41-,42-/m0/s1. The monoisotopic (exact) mass is 1250 g/mol. The number of carbonyl (C=O) groups excluding carboxylic acids is 9. The van der Waals surface area contributed by atoms with E-state index in [1.807, 2.05) is 0 Å². The number of hydrogen-bond acceptors (Lipinski definition) is 19. The summed E-state index contributed by atoms with van der Waals surface area (Å²) >= 11 is 0. The zero-order valence-electron chi connectivity index (χ0n) is 50.4. The van der Waals surface area contributed by atoms with Gasteiger partial charge in [0.15, 0.2) is 17.9 Å². The predicted molar refractivity (Wildman–Crippen MR) is 333 cm³/mol. The van der Waals surface area contributed by atoms with Crippen LogP contribution in [0, 0.1) is 0 Å². The molecular formula is C54H101N23O11. The number of aromatic hydroxyl groups is 1. The van der Waals surface area contributed by atoms with E-state index in [-0.39, 0.29) is 127 Å². The zero-order chi connectivity index (χ0) is 66.0. The third-order valence-corrected chi connectivity index (χ3v) is 13.6. The fourth-order valence-corrected chi connectivity index (χ4v) is 8.71. The lowest BCUT2D eigenvalue weighted by molar-refractivity contribution is -0.136. The highest BCUT2D eigenvalue weighted by molar-refractivity contribution is 5.98. The topological polar surface area (TPSA) is 640 Å². The van der Waals surface area contributed by atoms with Gasteiger partial charge in [-0.05, 0) is 159 Å². The van der Waals surface area contributed by atoms with Crippen molar-refractivity contribution in [3.63, 3.8) is 0 Å². The molecule has 1 aromatic carbocycles. The molecule has 1 aromatic rings. The highest BCUT2D eigenvalue weighted by Crippen LogP contribution is 2.15. The van der Waals surface area contributed by atoms with E-state index in [1.54, 1.807) is 0 Å². The molecule has 0 aliphatic rings. The summed E-state index contributed by atoms with van der Waals surface area (Å²) in [5, 5.41) is 41.6. The van der Waals surface area contributed by atoms with Crippen molar-refractivity contribution in [1.82, 2.24) is 42.5 Å². The molecule has 0 unspecified atom stereocenters. The Hall–Kier alpha value is -8.18. The van der Waals surface area contributed by atoms with E-state index in [0.29, 0.717) is 70.0 Å². The number of nitrogens with one attached hydrogen (secondary N) is 8. The molecule has 0 aromatic heterocycles. The van der Waals surface area contributed by atoms with Crippen molar-refractivity contribution in [2.24, 2.45) is 83.8 Å². The Morgan fingerprint density at radius 1 is 0.364 bits per heavy atom. The molecule has 0 aliphatic heterocycles. The minimum atomic E-state index is -1.76. The van der Waals surface area contributed by atoms with Crippen LogP contribution in [0.1, 0.15) is 121 Å². The van der Waals surface area contributed by atoms with E-state index in [2.05, 4.69) is 57.5 Å². The molecular weight excluding hydrogens is 1150 g/mol. The van der Waals surface area contributed by atoms with Gasteiger partial charge in [0.1, 0.15) is 54.1 Å². The molecule has 0 heterocycles. The van der Waals surface area contributed by atoms with Crippen LogP contribution in [0.3, 0.4) is 0 Å². The Labute approximate surface area is 513 Å². The lowest BCUT2D eigenvalue weighted by Gasteiger charge is -2.28. The molecule has 9 atom stereocenters. The van der Waals surface area contributed by atoms with E-state index in [4.69, 9.17) is 68.8 Å². The van der Waals surface area contributed by atoms with Crippen molar-refractivity contribution in [3.8, 4) is 5.75 Å². The van der Waals surface area contributed by atoms with Crippen LogP contribution >= 0.6 is 0 Å². The number of primary amides is 1. The van der Waals surface area contributed by atoms with Gasteiger partial charge in [-0.3, -0.25) is 58.1 Å². The molecule has 0 saturated carbocycles. The number of phenolic OH excluding ortho intramolecular Hbond substituents is 1. The van der Waals surface area contributed by atoms with E-state index >= 15 is 0 Å². The number of rotatable bonds is 48. The quantitative estimate of drug-likeness (QED) is 0.0164. The maximum absolute atomic E-state index is 14.6. The number of unbranched alkanes of at least 4 members (excludes halogenated alkanes) is 4. The second-order valence-corrected chi connectivity index (χ2v) is 21.0.